The maximum absolute atomic E-state index is 11.2. The Bertz CT molecular complexity index is 363. The third-order valence-electron chi connectivity index (χ3n) is 2.35. The summed E-state index contributed by atoms with van der Waals surface area (Å²) in [4.78, 5) is 11.2. The number of hydrogen-bond donors (Lipinski definition) is 1. The SMILES string of the molecule is CC(C)Oc1ccc(CCNC(=O)CCCl)cc1. The first kappa shape index (κ1) is 14.8. The molecule has 0 aliphatic rings. The molecule has 1 N–H and O–H groups in total. The van der Waals surface area contributed by atoms with E-state index >= 15 is 0 Å². The van der Waals surface area contributed by atoms with E-state index in [2.05, 4.69) is 5.32 Å². The van der Waals surface area contributed by atoms with E-state index in [1.807, 2.05) is 38.1 Å². The van der Waals surface area contributed by atoms with E-state index in [9.17, 15) is 4.79 Å². The van der Waals surface area contributed by atoms with Gasteiger partial charge in [0, 0.05) is 18.8 Å². The van der Waals surface area contributed by atoms with Crippen molar-refractivity contribution in [3.63, 3.8) is 0 Å². The molecule has 1 aromatic rings. The minimum atomic E-state index is 0.00441. The first-order chi connectivity index (χ1) is 8.61. The molecule has 0 atom stereocenters. The van der Waals surface area contributed by atoms with Gasteiger partial charge in [0.15, 0.2) is 0 Å². The topological polar surface area (TPSA) is 38.3 Å². The van der Waals surface area contributed by atoms with Gasteiger partial charge in [-0.05, 0) is 38.0 Å². The number of benzene rings is 1. The highest BCUT2D eigenvalue weighted by atomic mass is 35.5. The number of carbonyl (C=O) groups excluding carboxylic acids is 1. The van der Waals surface area contributed by atoms with E-state index in [1.165, 1.54) is 5.56 Å². The summed E-state index contributed by atoms with van der Waals surface area (Å²) in [6.07, 6.45) is 1.38. The van der Waals surface area contributed by atoms with E-state index in [1.54, 1.807) is 0 Å². The Kier molecular flexibility index (Phi) is 6.58. The normalized spacial score (nSPS) is 10.4. The Morgan fingerprint density at radius 3 is 2.56 bits per heavy atom. The van der Waals surface area contributed by atoms with Gasteiger partial charge in [-0.25, -0.2) is 0 Å². The number of ether oxygens (including phenoxy) is 1. The zero-order chi connectivity index (χ0) is 13.4. The summed E-state index contributed by atoms with van der Waals surface area (Å²) in [5.74, 6) is 1.25. The van der Waals surface area contributed by atoms with E-state index in [4.69, 9.17) is 16.3 Å². The average molecular weight is 270 g/mol. The molecule has 18 heavy (non-hydrogen) atoms. The highest BCUT2D eigenvalue weighted by molar-refractivity contribution is 6.18. The number of alkyl halides is 1. The largest absolute Gasteiger partial charge is 0.491 e. The number of halogens is 1. The quantitative estimate of drug-likeness (QED) is 0.773. The van der Waals surface area contributed by atoms with Crippen molar-refractivity contribution in [1.82, 2.24) is 5.32 Å². The monoisotopic (exact) mass is 269 g/mol. The zero-order valence-electron chi connectivity index (χ0n) is 10.9. The summed E-state index contributed by atoms with van der Waals surface area (Å²) in [5, 5.41) is 2.82. The summed E-state index contributed by atoms with van der Waals surface area (Å²) in [6, 6.07) is 7.95. The van der Waals surface area contributed by atoms with Crippen molar-refractivity contribution in [2.24, 2.45) is 0 Å². The first-order valence-corrected chi connectivity index (χ1v) is 6.73. The van der Waals surface area contributed by atoms with Gasteiger partial charge in [0.1, 0.15) is 5.75 Å². The van der Waals surface area contributed by atoms with Crippen molar-refractivity contribution in [3.8, 4) is 5.75 Å². The minimum absolute atomic E-state index is 0.00441. The van der Waals surface area contributed by atoms with Gasteiger partial charge in [-0.3, -0.25) is 4.79 Å². The van der Waals surface area contributed by atoms with Crippen molar-refractivity contribution in [2.75, 3.05) is 12.4 Å². The molecule has 0 unspecified atom stereocenters. The molecule has 0 fully saturated rings. The maximum Gasteiger partial charge on any atom is 0.221 e. The van der Waals surface area contributed by atoms with Gasteiger partial charge >= 0.3 is 0 Å². The van der Waals surface area contributed by atoms with Crippen LogP contribution in [0, 0.1) is 0 Å². The molecule has 0 saturated heterocycles. The van der Waals surface area contributed by atoms with Crippen molar-refractivity contribution in [2.45, 2.75) is 32.8 Å². The highest BCUT2D eigenvalue weighted by Gasteiger charge is 2.00. The van der Waals surface area contributed by atoms with Gasteiger partial charge in [-0.1, -0.05) is 12.1 Å². The van der Waals surface area contributed by atoms with Crippen LogP contribution >= 0.6 is 11.6 Å². The summed E-state index contributed by atoms with van der Waals surface area (Å²) >= 11 is 5.48. The molecule has 0 spiro atoms. The number of carbonyl (C=O) groups is 1. The number of amides is 1. The Morgan fingerprint density at radius 1 is 1.33 bits per heavy atom. The predicted molar refractivity (Wildman–Crippen MR) is 74.3 cm³/mol. The second-order valence-electron chi connectivity index (χ2n) is 4.35. The third kappa shape index (κ3) is 5.92. The fraction of sp³-hybridized carbons (Fsp3) is 0.500. The Hall–Kier alpha value is -1.22. The molecule has 0 aromatic heterocycles. The van der Waals surface area contributed by atoms with Gasteiger partial charge in [0.05, 0.1) is 6.10 Å². The van der Waals surface area contributed by atoms with E-state index in [-0.39, 0.29) is 12.0 Å². The van der Waals surface area contributed by atoms with Crippen LogP contribution in [0.3, 0.4) is 0 Å². The Balaban J connectivity index is 2.33. The van der Waals surface area contributed by atoms with Gasteiger partial charge in [0.2, 0.25) is 5.91 Å². The highest BCUT2D eigenvalue weighted by Crippen LogP contribution is 2.13. The van der Waals surface area contributed by atoms with Gasteiger partial charge in [-0.15, -0.1) is 11.6 Å². The van der Waals surface area contributed by atoms with Crippen molar-refractivity contribution in [1.29, 1.82) is 0 Å². The van der Waals surface area contributed by atoms with E-state index < -0.39 is 0 Å². The van der Waals surface area contributed by atoms with Crippen LogP contribution in [-0.4, -0.2) is 24.4 Å². The molecule has 0 aliphatic heterocycles. The fourth-order valence-electron chi connectivity index (χ4n) is 1.53. The second kappa shape index (κ2) is 7.98. The molecule has 0 saturated carbocycles. The van der Waals surface area contributed by atoms with Gasteiger partial charge in [0.25, 0.3) is 0 Å². The molecule has 1 amide bonds. The Labute approximate surface area is 113 Å². The third-order valence-corrected chi connectivity index (χ3v) is 2.54. The zero-order valence-corrected chi connectivity index (χ0v) is 11.7. The molecule has 0 aliphatic carbocycles. The summed E-state index contributed by atoms with van der Waals surface area (Å²) in [5.41, 5.74) is 1.18. The molecular formula is C14H20ClNO2. The van der Waals surface area contributed by atoms with Crippen molar-refractivity contribution >= 4 is 17.5 Å². The number of rotatable bonds is 7. The lowest BCUT2D eigenvalue weighted by molar-refractivity contribution is -0.120. The van der Waals surface area contributed by atoms with Crippen molar-refractivity contribution in [3.05, 3.63) is 29.8 Å². The van der Waals surface area contributed by atoms with Crippen LogP contribution in [-0.2, 0) is 11.2 Å². The molecule has 4 heteroatoms. The molecule has 1 aromatic carbocycles. The molecule has 0 heterocycles. The summed E-state index contributed by atoms with van der Waals surface area (Å²) in [7, 11) is 0. The minimum Gasteiger partial charge on any atom is -0.491 e. The average Bonchev–Trinajstić information content (AvgIpc) is 2.31. The van der Waals surface area contributed by atoms with Gasteiger partial charge in [-0.2, -0.15) is 0 Å². The van der Waals surface area contributed by atoms with Gasteiger partial charge < -0.3 is 10.1 Å². The molecule has 1 rings (SSSR count). The summed E-state index contributed by atoms with van der Waals surface area (Å²) in [6.45, 7) is 4.64. The van der Waals surface area contributed by atoms with Crippen LogP contribution in [0.4, 0.5) is 0 Å². The number of hydrogen-bond acceptors (Lipinski definition) is 2. The van der Waals surface area contributed by atoms with E-state index in [0.717, 1.165) is 12.2 Å². The van der Waals surface area contributed by atoms with Crippen LogP contribution < -0.4 is 10.1 Å². The van der Waals surface area contributed by atoms with Crippen LogP contribution in [0.15, 0.2) is 24.3 Å². The van der Waals surface area contributed by atoms with Crippen LogP contribution in [0.1, 0.15) is 25.8 Å². The van der Waals surface area contributed by atoms with E-state index in [0.29, 0.717) is 18.8 Å². The first-order valence-electron chi connectivity index (χ1n) is 6.20. The lowest BCUT2D eigenvalue weighted by Gasteiger charge is -2.10. The smallest absolute Gasteiger partial charge is 0.221 e. The fourth-order valence-corrected chi connectivity index (χ4v) is 1.70. The molecule has 0 bridgehead atoms. The predicted octanol–water partition coefficient (Wildman–Crippen LogP) is 2.76. The molecular weight excluding hydrogens is 250 g/mol. The van der Waals surface area contributed by atoms with Crippen LogP contribution in [0.25, 0.3) is 0 Å². The molecule has 3 nitrogen and oxygen atoms in total. The van der Waals surface area contributed by atoms with Crippen molar-refractivity contribution < 1.29 is 9.53 Å². The number of nitrogens with one attached hydrogen (secondary N) is 1. The van der Waals surface area contributed by atoms with Crippen LogP contribution in [0.2, 0.25) is 0 Å². The lowest BCUT2D eigenvalue weighted by atomic mass is 10.1. The van der Waals surface area contributed by atoms with Crippen LogP contribution in [0.5, 0.6) is 5.75 Å². The maximum atomic E-state index is 11.2. The second-order valence-corrected chi connectivity index (χ2v) is 4.73. The Morgan fingerprint density at radius 2 is 2.00 bits per heavy atom. The summed E-state index contributed by atoms with van der Waals surface area (Å²) < 4.78 is 5.56. The standard InChI is InChI=1S/C14H20ClNO2/c1-11(2)18-13-5-3-12(4-6-13)8-10-16-14(17)7-9-15/h3-6,11H,7-10H2,1-2H3,(H,16,17). The molecule has 100 valence electrons. The lowest BCUT2D eigenvalue weighted by Crippen LogP contribution is -2.25. The molecule has 0 radical (unpaired) electrons.